The number of aliphatic carboxylic acids is 1. The zero-order chi connectivity index (χ0) is 6.69. The molecular weight excluding hydrogens is 118 g/mol. The first-order chi connectivity index (χ1) is 4.30. The number of carbonyl (C=O) groups is 1. The number of hydrogen-bond donors (Lipinski definition) is 2. The van der Waals surface area contributed by atoms with Gasteiger partial charge in [0.15, 0.2) is 6.04 Å². The molecule has 1 aliphatic heterocycles. The van der Waals surface area contributed by atoms with Crippen LogP contribution in [0, 0.1) is 0 Å². The third-order valence-corrected chi connectivity index (χ3v) is 1.74. The minimum atomic E-state index is -0.658. The van der Waals surface area contributed by atoms with Gasteiger partial charge in [-0.05, 0) is 12.8 Å². The van der Waals surface area contributed by atoms with Crippen LogP contribution in [-0.4, -0.2) is 23.7 Å². The number of carboxylic acid groups (broad SMARTS) is 1. The van der Waals surface area contributed by atoms with Crippen LogP contribution in [0.1, 0.15) is 19.3 Å². The van der Waals surface area contributed by atoms with Crippen molar-refractivity contribution in [2.75, 3.05) is 6.54 Å². The van der Waals surface area contributed by atoms with Gasteiger partial charge in [-0.25, -0.2) is 4.79 Å². The summed E-state index contributed by atoms with van der Waals surface area (Å²) in [5, 5.41) is 10.4. The first-order valence-electron chi connectivity index (χ1n) is 3.37. The summed E-state index contributed by atoms with van der Waals surface area (Å²) < 4.78 is 0. The monoisotopic (exact) mass is 130 g/mol. The van der Waals surface area contributed by atoms with Crippen molar-refractivity contribution in [1.82, 2.24) is 0 Å². The lowest BCUT2D eigenvalue weighted by molar-refractivity contribution is -0.685. The lowest BCUT2D eigenvalue weighted by Gasteiger charge is -2.15. The first kappa shape index (κ1) is 6.55. The Labute approximate surface area is 54.1 Å². The molecule has 0 aliphatic carbocycles. The van der Waals surface area contributed by atoms with Crippen LogP contribution in [0.2, 0.25) is 0 Å². The molecule has 1 aliphatic rings. The maximum Gasteiger partial charge on any atom is 0.362 e. The number of nitrogens with two attached hydrogens (primary N) is 1. The van der Waals surface area contributed by atoms with E-state index in [1.165, 1.54) is 6.42 Å². The van der Waals surface area contributed by atoms with Crippen molar-refractivity contribution in [3.63, 3.8) is 0 Å². The van der Waals surface area contributed by atoms with Crippen molar-refractivity contribution in [3.05, 3.63) is 0 Å². The fourth-order valence-electron chi connectivity index (χ4n) is 1.17. The Bertz CT molecular complexity index is 108. The lowest BCUT2D eigenvalue weighted by Crippen LogP contribution is -2.93. The van der Waals surface area contributed by atoms with Gasteiger partial charge >= 0.3 is 5.97 Å². The zero-order valence-corrected chi connectivity index (χ0v) is 5.34. The predicted octanol–water partition coefficient (Wildman–Crippen LogP) is -0.813. The van der Waals surface area contributed by atoms with Crippen molar-refractivity contribution < 1.29 is 15.2 Å². The van der Waals surface area contributed by atoms with Crippen molar-refractivity contribution in [3.8, 4) is 0 Å². The van der Waals surface area contributed by atoms with Gasteiger partial charge < -0.3 is 10.4 Å². The Balaban J connectivity index is 2.31. The highest BCUT2D eigenvalue weighted by atomic mass is 16.4. The molecule has 1 fully saturated rings. The van der Waals surface area contributed by atoms with E-state index in [0.717, 1.165) is 19.4 Å². The Morgan fingerprint density at radius 3 is 2.67 bits per heavy atom. The molecule has 1 unspecified atom stereocenters. The standard InChI is InChI=1S/C6H11NO2/c8-6(9)5-3-1-2-4-7-5/h5,7H,1-4H2,(H,8,9)/p+1. The Hall–Kier alpha value is -0.570. The van der Waals surface area contributed by atoms with Crippen LogP contribution >= 0.6 is 0 Å². The van der Waals surface area contributed by atoms with Gasteiger partial charge in [-0.15, -0.1) is 0 Å². The summed E-state index contributed by atoms with van der Waals surface area (Å²) >= 11 is 0. The second-order valence-electron chi connectivity index (χ2n) is 2.46. The molecule has 9 heavy (non-hydrogen) atoms. The van der Waals surface area contributed by atoms with E-state index in [4.69, 9.17) is 5.11 Å². The molecule has 3 N–H and O–H groups in total. The van der Waals surface area contributed by atoms with Crippen LogP contribution in [0.3, 0.4) is 0 Å². The smallest absolute Gasteiger partial charge is 0.362 e. The minimum Gasteiger partial charge on any atom is -0.477 e. The molecule has 1 atom stereocenters. The number of hydrogen-bond acceptors (Lipinski definition) is 1. The largest absolute Gasteiger partial charge is 0.477 e. The van der Waals surface area contributed by atoms with E-state index in [1.807, 2.05) is 5.32 Å². The summed E-state index contributed by atoms with van der Waals surface area (Å²) in [6.07, 6.45) is 3.09. The van der Waals surface area contributed by atoms with Crippen LogP contribution in [0.5, 0.6) is 0 Å². The Morgan fingerprint density at radius 1 is 1.56 bits per heavy atom. The predicted molar refractivity (Wildman–Crippen MR) is 32.1 cm³/mol. The van der Waals surface area contributed by atoms with Crippen molar-refractivity contribution in [1.29, 1.82) is 0 Å². The van der Waals surface area contributed by atoms with E-state index in [0.29, 0.717) is 0 Å². The molecule has 1 rings (SSSR count). The Morgan fingerprint density at radius 2 is 2.33 bits per heavy atom. The zero-order valence-electron chi connectivity index (χ0n) is 5.34. The molecule has 0 aromatic rings. The van der Waals surface area contributed by atoms with Crippen LogP contribution < -0.4 is 5.32 Å². The fraction of sp³-hybridized carbons (Fsp3) is 0.833. The van der Waals surface area contributed by atoms with E-state index in [-0.39, 0.29) is 6.04 Å². The van der Waals surface area contributed by atoms with Gasteiger partial charge in [0.05, 0.1) is 6.54 Å². The van der Waals surface area contributed by atoms with Gasteiger partial charge in [0.1, 0.15) is 0 Å². The van der Waals surface area contributed by atoms with Crippen LogP contribution in [0.4, 0.5) is 0 Å². The van der Waals surface area contributed by atoms with E-state index in [1.54, 1.807) is 0 Å². The lowest BCUT2D eigenvalue weighted by atomic mass is 10.1. The first-order valence-corrected chi connectivity index (χ1v) is 3.37. The average molecular weight is 130 g/mol. The van der Waals surface area contributed by atoms with Gasteiger partial charge in [-0.1, -0.05) is 0 Å². The van der Waals surface area contributed by atoms with Crippen LogP contribution in [0.25, 0.3) is 0 Å². The van der Waals surface area contributed by atoms with Gasteiger partial charge in [-0.2, -0.15) is 0 Å². The highest BCUT2D eigenvalue weighted by Crippen LogP contribution is 2.00. The average Bonchev–Trinajstić information content (AvgIpc) is 1.90. The number of carboxylic acids is 1. The van der Waals surface area contributed by atoms with Crippen LogP contribution in [0.15, 0.2) is 0 Å². The molecule has 0 saturated carbocycles. The second-order valence-corrected chi connectivity index (χ2v) is 2.46. The fourth-order valence-corrected chi connectivity index (χ4v) is 1.17. The second kappa shape index (κ2) is 2.82. The van der Waals surface area contributed by atoms with E-state index in [9.17, 15) is 4.79 Å². The summed E-state index contributed by atoms with van der Waals surface area (Å²) in [5.41, 5.74) is 0. The summed E-state index contributed by atoms with van der Waals surface area (Å²) in [4.78, 5) is 10.3. The highest BCUT2D eigenvalue weighted by Gasteiger charge is 2.22. The quantitative estimate of drug-likeness (QED) is 0.487. The Kier molecular flexibility index (Phi) is 2.05. The molecule has 1 saturated heterocycles. The summed E-state index contributed by atoms with van der Waals surface area (Å²) in [6, 6.07) is -0.154. The molecule has 0 bridgehead atoms. The van der Waals surface area contributed by atoms with Crippen LogP contribution in [-0.2, 0) is 4.79 Å². The molecule has 0 amide bonds. The summed E-state index contributed by atoms with van der Waals surface area (Å²) in [5.74, 6) is -0.658. The normalized spacial score (nSPS) is 27.8. The molecule has 3 heteroatoms. The van der Waals surface area contributed by atoms with Crippen molar-refractivity contribution in [2.45, 2.75) is 25.3 Å². The molecular formula is C6H12NO2+. The molecule has 0 aromatic carbocycles. The highest BCUT2D eigenvalue weighted by molar-refractivity contribution is 5.71. The van der Waals surface area contributed by atoms with Gasteiger partial charge in [0.25, 0.3) is 0 Å². The molecule has 0 spiro atoms. The van der Waals surface area contributed by atoms with Crippen molar-refractivity contribution in [2.24, 2.45) is 0 Å². The molecule has 1 heterocycles. The third-order valence-electron chi connectivity index (χ3n) is 1.74. The summed E-state index contributed by atoms with van der Waals surface area (Å²) in [7, 11) is 0. The SMILES string of the molecule is O=C(O)C1CCCC[NH2+]1. The van der Waals surface area contributed by atoms with Gasteiger partial charge in [0, 0.05) is 6.42 Å². The molecule has 0 radical (unpaired) electrons. The molecule has 3 nitrogen and oxygen atoms in total. The third kappa shape index (κ3) is 1.68. The molecule has 52 valence electrons. The maximum absolute atomic E-state index is 10.3. The number of rotatable bonds is 1. The van der Waals surface area contributed by atoms with E-state index >= 15 is 0 Å². The van der Waals surface area contributed by atoms with Crippen molar-refractivity contribution >= 4 is 5.97 Å². The van der Waals surface area contributed by atoms with Gasteiger partial charge in [0.2, 0.25) is 0 Å². The van der Waals surface area contributed by atoms with Gasteiger partial charge in [-0.3, -0.25) is 0 Å². The maximum atomic E-state index is 10.3. The van der Waals surface area contributed by atoms with E-state index in [2.05, 4.69) is 0 Å². The minimum absolute atomic E-state index is 0.154. The summed E-state index contributed by atoms with van der Waals surface area (Å²) in [6.45, 7) is 0.983. The van der Waals surface area contributed by atoms with E-state index < -0.39 is 5.97 Å². The number of piperidine rings is 1. The topological polar surface area (TPSA) is 53.9 Å². The molecule has 0 aromatic heterocycles. The number of quaternary nitrogens is 1.